The molecule has 4 rings (SSSR count). The van der Waals surface area contributed by atoms with E-state index in [9.17, 15) is 0 Å². The van der Waals surface area contributed by atoms with Gasteiger partial charge < -0.3 is 10.6 Å². The van der Waals surface area contributed by atoms with Gasteiger partial charge in [0.1, 0.15) is 0 Å². The van der Waals surface area contributed by atoms with Gasteiger partial charge in [0.2, 0.25) is 0 Å². The Morgan fingerprint density at radius 2 is 1.55 bits per heavy atom. The largest absolute Gasteiger partial charge is 0.359 e. The Balaban J connectivity index is 1.59. The zero-order valence-corrected chi connectivity index (χ0v) is 20.8. The van der Waals surface area contributed by atoms with Gasteiger partial charge in [-0.1, -0.05) is 79.7 Å². The molecule has 33 heavy (non-hydrogen) atoms. The second-order valence-corrected chi connectivity index (χ2v) is 9.62. The zero-order chi connectivity index (χ0) is 23.3. The Morgan fingerprint density at radius 1 is 0.939 bits per heavy atom. The van der Waals surface area contributed by atoms with Crippen molar-refractivity contribution in [2.24, 2.45) is 5.41 Å². The van der Waals surface area contributed by atoms with Gasteiger partial charge in [0.05, 0.1) is 5.41 Å². The van der Waals surface area contributed by atoms with Crippen molar-refractivity contribution in [2.45, 2.75) is 26.8 Å². The molecule has 1 fully saturated rings. The summed E-state index contributed by atoms with van der Waals surface area (Å²) in [7, 11) is 2.75. The van der Waals surface area contributed by atoms with Gasteiger partial charge in [0, 0.05) is 42.4 Å². The summed E-state index contributed by atoms with van der Waals surface area (Å²) in [5.41, 5.74) is 6.84. The van der Waals surface area contributed by atoms with Crippen LogP contribution in [0.15, 0.2) is 103 Å². The molecule has 1 saturated heterocycles. The molecule has 0 spiro atoms. The Hall–Kier alpha value is -2.87. The smallest absolute Gasteiger partial charge is 0.0747 e. The van der Waals surface area contributed by atoms with Gasteiger partial charge in [-0.3, -0.25) is 4.90 Å². The summed E-state index contributed by atoms with van der Waals surface area (Å²) >= 11 is 0. The molecule has 0 amide bonds. The highest BCUT2D eigenvalue weighted by Crippen LogP contribution is 2.45. The highest BCUT2D eigenvalue weighted by molar-refractivity contribution is 7.27. The van der Waals surface area contributed by atoms with E-state index in [2.05, 4.69) is 130 Å². The first-order valence-corrected chi connectivity index (χ1v) is 12.2. The monoisotopic (exact) mass is 455 g/mol. The van der Waals surface area contributed by atoms with Crippen LogP contribution in [0.1, 0.15) is 24.5 Å². The molecule has 0 radical (unpaired) electrons. The highest BCUT2D eigenvalue weighted by atomic mass is 31.0. The van der Waals surface area contributed by atoms with Crippen molar-refractivity contribution in [3.8, 4) is 0 Å². The average molecular weight is 456 g/mol. The van der Waals surface area contributed by atoms with E-state index in [1.165, 1.54) is 22.1 Å². The molecule has 4 heteroatoms. The predicted octanol–water partition coefficient (Wildman–Crippen LogP) is 6.33. The summed E-state index contributed by atoms with van der Waals surface area (Å²) in [6, 6.07) is 27.7. The molecule has 1 heterocycles. The number of rotatable bonds is 9. The van der Waals surface area contributed by atoms with Gasteiger partial charge in [-0.15, -0.1) is 9.24 Å². The Labute approximate surface area is 200 Å². The SMILES string of the molecule is C=C(Nc1ccc(C)cc1)C1(/C(=C/CC)Nc2ccc(P)cc2)CN(Cc2ccccc2)C1. The van der Waals surface area contributed by atoms with E-state index >= 15 is 0 Å². The predicted molar refractivity (Wildman–Crippen MR) is 146 cm³/mol. The van der Waals surface area contributed by atoms with Crippen molar-refractivity contribution in [3.63, 3.8) is 0 Å². The van der Waals surface area contributed by atoms with Crippen LogP contribution in [-0.4, -0.2) is 18.0 Å². The summed E-state index contributed by atoms with van der Waals surface area (Å²) in [6.07, 6.45) is 3.28. The van der Waals surface area contributed by atoms with Crippen molar-refractivity contribution in [1.82, 2.24) is 4.90 Å². The number of nitrogens with one attached hydrogen (secondary N) is 2. The lowest BCUT2D eigenvalue weighted by Crippen LogP contribution is -2.59. The Bertz CT molecular complexity index is 1100. The molecule has 0 aliphatic carbocycles. The maximum Gasteiger partial charge on any atom is 0.0747 e. The lowest BCUT2D eigenvalue weighted by Gasteiger charge is -2.53. The van der Waals surface area contributed by atoms with Crippen LogP contribution in [0.2, 0.25) is 0 Å². The van der Waals surface area contributed by atoms with E-state index < -0.39 is 0 Å². The normalized spacial score (nSPS) is 15.5. The van der Waals surface area contributed by atoms with Crippen molar-refractivity contribution >= 4 is 25.9 Å². The minimum Gasteiger partial charge on any atom is -0.359 e. The molecule has 1 aliphatic rings. The van der Waals surface area contributed by atoms with Gasteiger partial charge in [0.15, 0.2) is 0 Å². The van der Waals surface area contributed by atoms with E-state index in [1.807, 2.05) is 0 Å². The van der Waals surface area contributed by atoms with Gasteiger partial charge in [-0.25, -0.2) is 0 Å². The summed E-state index contributed by atoms with van der Waals surface area (Å²) in [5.74, 6) is 0. The maximum atomic E-state index is 4.55. The second-order valence-electron chi connectivity index (χ2n) is 8.96. The minimum absolute atomic E-state index is 0.185. The molecule has 2 N–H and O–H groups in total. The van der Waals surface area contributed by atoms with E-state index in [0.29, 0.717) is 0 Å². The third-order valence-corrected chi connectivity index (χ3v) is 6.66. The fraction of sp³-hybridized carbons (Fsp3) is 0.241. The van der Waals surface area contributed by atoms with Gasteiger partial charge in [0.25, 0.3) is 0 Å². The van der Waals surface area contributed by atoms with Crippen LogP contribution in [0.25, 0.3) is 0 Å². The van der Waals surface area contributed by atoms with Crippen molar-refractivity contribution in [1.29, 1.82) is 0 Å². The first-order valence-electron chi connectivity index (χ1n) is 11.6. The molecule has 1 aliphatic heterocycles. The third kappa shape index (κ3) is 5.55. The van der Waals surface area contributed by atoms with E-state index in [1.54, 1.807) is 0 Å². The molecule has 3 nitrogen and oxygen atoms in total. The average Bonchev–Trinajstić information content (AvgIpc) is 2.79. The van der Waals surface area contributed by atoms with E-state index in [0.717, 1.165) is 43.1 Å². The first-order chi connectivity index (χ1) is 16.0. The Morgan fingerprint density at radius 3 is 2.18 bits per heavy atom. The summed E-state index contributed by atoms with van der Waals surface area (Å²) in [6.45, 7) is 11.6. The number of hydrogen-bond donors (Lipinski definition) is 2. The molecule has 3 aromatic rings. The van der Waals surface area contributed by atoms with Crippen LogP contribution in [0.5, 0.6) is 0 Å². The van der Waals surface area contributed by atoms with Crippen LogP contribution in [-0.2, 0) is 6.54 Å². The molecule has 3 aromatic carbocycles. The topological polar surface area (TPSA) is 27.3 Å². The van der Waals surface area contributed by atoms with Crippen LogP contribution in [0.4, 0.5) is 11.4 Å². The standard InChI is InChI=1S/C29H34N3P/c1-4-8-28(31-26-15-17-27(33)18-16-26)29(23(3)30-25-13-11-22(2)12-14-25)20-32(21-29)19-24-9-6-5-7-10-24/h5-18,30-31H,3-4,19-21,33H2,1-2H3/b28-8-. The van der Waals surface area contributed by atoms with Crippen LogP contribution >= 0.6 is 9.24 Å². The van der Waals surface area contributed by atoms with Gasteiger partial charge in [-0.2, -0.15) is 0 Å². The number of allylic oxidation sites excluding steroid dienone is 1. The molecule has 1 atom stereocenters. The van der Waals surface area contributed by atoms with Crippen LogP contribution in [0.3, 0.4) is 0 Å². The summed E-state index contributed by atoms with van der Waals surface area (Å²) in [4.78, 5) is 2.49. The molecular formula is C29H34N3P. The molecule has 0 bridgehead atoms. The van der Waals surface area contributed by atoms with Gasteiger partial charge in [-0.05, 0) is 48.5 Å². The fourth-order valence-corrected chi connectivity index (χ4v) is 4.61. The first kappa shape index (κ1) is 23.3. The molecule has 170 valence electrons. The molecule has 1 unspecified atom stereocenters. The van der Waals surface area contributed by atoms with Crippen molar-refractivity contribution in [3.05, 3.63) is 114 Å². The molecule has 0 aromatic heterocycles. The highest BCUT2D eigenvalue weighted by Gasteiger charge is 2.48. The number of anilines is 2. The zero-order valence-electron chi connectivity index (χ0n) is 19.6. The quantitative estimate of drug-likeness (QED) is 0.369. The number of hydrogen-bond acceptors (Lipinski definition) is 3. The number of aryl methyl sites for hydroxylation is 1. The van der Waals surface area contributed by atoms with Gasteiger partial charge >= 0.3 is 0 Å². The fourth-order valence-electron chi connectivity index (χ4n) is 4.42. The summed E-state index contributed by atoms with van der Waals surface area (Å²) < 4.78 is 0. The number of likely N-dealkylation sites (tertiary alicyclic amines) is 1. The molecular weight excluding hydrogens is 421 g/mol. The molecule has 0 saturated carbocycles. The maximum absolute atomic E-state index is 4.55. The van der Waals surface area contributed by atoms with E-state index in [-0.39, 0.29) is 5.41 Å². The lowest BCUT2D eigenvalue weighted by atomic mass is 9.73. The Kier molecular flexibility index (Phi) is 7.33. The summed E-state index contributed by atoms with van der Waals surface area (Å²) in [5, 5.41) is 8.54. The van der Waals surface area contributed by atoms with E-state index in [4.69, 9.17) is 0 Å². The second kappa shape index (κ2) is 10.4. The van der Waals surface area contributed by atoms with Crippen LogP contribution < -0.4 is 15.9 Å². The van der Waals surface area contributed by atoms with Crippen molar-refractivity contribution < 1.29 is 0 Å². The van der Waals surface area contributed by atoms with Crippen LogP contribution in [0, 0.1) is 12.3 Å². The number of benzene rings is 3. The minimum atomic E-state index is -0.185. The lowest BCUT2D eigenvalue weighted by molar-refractivity contribution is 0.0531. The third-order valence-electron chi connectivity index (χ3n) is 6.27. The van der Waals surface area contributed by atoms with Crippen molar-refractivity contribution in [2.75, 3.05) is 23.7 Å². The number of nitrogens with zero attached hydrogens (tertiary/aromatic N) is 1.